The lowest BCUT2D eigenvalue weighted by Crippen LogP contribution is -2.04. The van der Waals surface area contributed by atoms with E-state index in [1.807, 2.05) is 0 Å². The molecule has 1 aromatic rings. The summed E-state index contributed by atoms with van der Waals surface area (Å²) in [5.74, 6) is -1.12. The molecule has 3 nitrogen and oxygen atoms in total. The summed E-state index contributed by atoms with van der Waals surface area (Å²) in [6.45, 7) is 0.0390. The summed E-state index contributed by atoms with van der Waals surface area (Å²) in [7, 11) is 0. The smallest absolute Gasteiger partial charge is 0.306 e. The van der Waals surface area contributed by atoms with Gasteiger partial charge < -0.3 is 9.84 Å². The fourth-order valence-electron chi connectivity index (χ4n) is 0.823. The Hall–Kier alpha value is -1.29. The Morgan fingerprint density at radius 1 is 1.57 bits per heavy atom. The van der Waals surface area contributed by atoms with Crippen LogP contribution in [-0.4, -0.2) is 17.7 Å². The number of benzene rings is 1. The zero-order valence-electron chi connectivity index (χ0n) is 7.17. The molecule has 76 valence electrons. The predicted molar refractivity (Wildman–Crippen MR) is 49.2 cm³/mol. The Bertz CT molecular complexity index is 341. The molecule has 0 radical (unpaired) electrons. The van der Waals surface area contributed by atoms with Crippen LogP contribution in [0.1, 0.15) is 6.42 Å². The van der Waals surface area contributed by atoms with E-state index in [1.165, 1.54) is 18.2 Å². The van der Waals surface area contributed by atoms with Crippen LogP contribution in [0.4, 0.5) is 4.39 Å². The number of carbonyl (C=O) groups is 1. The molecule has 1 N–H and O–H groups in total. The SMILES string of the molecule is O=C(O)CCOc1ccc(F)c(Cl)c1. The van der Waals surface area contributed by atoms with Crippen LogP contribution in [0, 0.1) is 5.82 Å². The van der Waals surface area contributed by atoms with Gasteiger partial charge in [-0.3, -0.25) is 4.79 Å². The third-order valence-corrected chi connectivity index (χ3v) is 1.77. The van der Waals surface area contributed by atoms with Gasteiger partial charge in [0.1, 0.15) is 11.6 Å². The van der Waals surface area contributed by atoms with Gasteiger partial charge in [0, 0.05) is 6.07 Å². The van der Waals surface area contributed by atoms with Gasteiger partial charge in [-0.2, -0.15) is 0 Å². The molecule has 0 aliphatic carbocycles. The maximum Gasteiger partial charge on any atom is 0.306 e. The van der Waals surface area contributed by atoms with E-state index in [2.05, 4.69) is 0 Å². The van der Waals surface area contributed by atoms with E-state index in [0.717, 1.165) is 0 Å². The maximum atomic E-state index is 12.7. The molecular formula is C9H8ClFO3. The minimum absolute atomic E-state index is 0.0390. The van der Waals surface area contributed by atoms with Crippen LogP contribution in [0.2, 0.25) is 5.02 Å². The van der Waals surface area contributed by atoms with Crippen molar-refractivity contribution >= 4 is 17.6 Å². The Morgan fingerprint density at radius 3 is 2.86 bits per heavy atom. The number of carboxylic acid groups (broad SMARTS) is 1. The molecular weight excluding hydrogens is 211 g/mol. The van der Waals surface area contributed by atoms with Gasteiger partial charge in [0.05, 0.1) is 18.1 Å². The first-order valence-electron chi connectivity index (χ1n) is 3.89. The quantitative estimate of drug-likeness (QED) is 0.844. The van der Waals surface area contributed by atoms with Gasteiger partial charge in [-0.25, -0.2) is 4.39 Å². The monoisotopic (exact) mass is 218 g/mol. The number of hydrogen-bond acceptors (Lipinski definition) is 2. The van der Waals surface area contributed by atoms with E-state index in [-0.39, 0.29) is 18.1 Å². The molecule has 0 bridgehead atoms. The zero-order valence-corrected chi connectivity index (χ0v) is 7.92. The summed E-state index contributed by atoms with van der Waals surface area (Å²) in [4.78, 5) is 10.1. The second kappa shape index (κ2) is 4.81. The molecule has 1 rings (SSSR count). The van der Waals surface area contributed by atoms with Gasteiger partial charge in [-0.15, -0.1) is 0 Å². The first-order valence-corrected chi connectivity index (χ1v) is 4.27. The number of carboxylic acids is 1. The van der Waals surface area contributed by atoms with Gasteiger partial charge in [0.25, 0.3) is 0 Å². The fraction of sp³-hybridized carbons (Fsp3) is 0.222. The number of halogens is 2. The highest BCUT2D eigenvalue weighted by Gasteiger charge is 2.02. The van der Waals surface area contributed by atoms with E-state index in [0.29, 0.717) is 5.75 Å². The molecule has 0 aliphatic heterocycles. The van der Waals surface area contributed by atoms with Crippen molar-refractivity contribution in [3.05, 3.63) is 29.0 Å². The third-order valence-electron chi connectivity index (χ3n) is 1.48. The molecule has 0 aromatic heterocycles. The molecule has 0 saturated heterocycles. The summed E-state index contributed by atoms with van der Waals surface area (Å²) in [5.41, 5.74) is 0. The van der Waals surface area contributed by atoms with E-state index >= 15 is 0 Å². The highest BCUT2D eigenvalue weighted by molar-refractivity contribution is 6.30. The second-order valence-corrected chi connectivity index (χ2v) is 2.98. The first kappa shape index (κ1) is 10.8. The van der Waals surface area contributed by atoms with Crippen molar-refractivity contribution in [1.82, 2.24) is 0 Å². The summed E-state index contributed by atoms with van der Waals surface area (Å²) in [6.07, 6.45) is -0.102. The van der Waals surface area contributed by atoms with Crippen LogP contribution in [0.25, 0.3) is 0 Å². The number of hydrogen-bond donors (Lipinski definition) is 1. The van der Waals surface area contributed by atoms with Gasteiger partial charge >= 0.3 is 5.97 Å². The summed E-state index contributed by atoms with van der Waals surface area (Å²) in [5, 5.41) is 8.28. The van der Waals surface area contributed by atoms with Crippen LogP contribution in [0.5, 0.6) is 5.75 Å². The molecule has 0 amide bonds. The van der Waals surface area contributed by atoms with Crippen LogP contribution >= 0.6 is 11.6 Å². The van der Waals surface area contributed by atoms with Crippen molar-refractivity contribution in [2.24, 2.45) is 0 Å². The van der Waals surface area contributed by atoms with Crippen molar-refractivity contribution in [2.75, 3.05) is 6.61 Å². The van der Waals surface area contributed by atoms with Gasteiger partial charge in [-0.05, 0) is 12.1 Å². The number of rotatable bonds is 4. The van der Waals surface area contributed by atoms with Gasteiger partial charge in [0.2, 0.25) is 0 Å². The molecule has 0 spiro atoms. The predicted octanol–water partition coefficient (Wildman–Crippen LogP) is 2.33. The fourth-order valence-corrected chi connectivity index (χ4v) is 0.993. The lowest BCUT2D eigenvalue weighted by atomic mass is 10.3. The minimum atomic E-state index is -0.946. The van der Waals surface area contributed by atoms with Gasteiger partial charge in [-0.1, -0.05) is 11.6 Å². The van der Waals surface area contributed by atoms with Crippen molar-refractivity contribution < 1.29 is 19.0 Å². The summed E-state index contributed by atoms with van der Waals surface area (Å²) >= 11 is 5.48. The minimum Gasteiger partial charge on any atom is -0.493 e. The largest absolute Gasteiger partial charge is 0.493 e. The molecule has 0 aliphatic rings. The lowest BCUT2D eigenvalue weighted by Gasteiger charge is -2.04. The van der Waals surface area contributed by atoms with Crippen LogP contribution in [-0.2, 0) is 4.79 Å². The molecule has 0 unspecified atom stereocenters. The van der Waals surface area contributed by atoms with Crippen molar-refractivity contribution in [3.8, 4) is 5.75 Å². The molecule has 0 fully saturated rings. The molecule has 0 heterocycles. The highest BCUT2D eigenvalue weighted by atomic mass is 35.5. The number of aliphatic carboxylic acids is 1. The molecule has 5 heteroatoms. The third kappa shape index (κ3) is 3.22. The van der Waals surface area contributed by atoms with E-state index < -0.39 is 11.8 Å². The summed E-state index contributed by atoms with van der Waals surface area (Å²) in [6, 6.07) is 3.86. The van der Waals surface area contributed by atoms with E-state index in [9.17, 15) is 9.18 Å². The first-order chi connectivity index (χ1) is 6.59. The van der Waals surface area contributed by atoms with Crippen LogP contribution in [0.15, 0.2) is 18.2 Å². The normalized spacial score (nSPS) is 9.86. The molecule has 1 aromatic carbocycles. The topological polar surface area (TPSA) is 46.5 Å². The lowest BCUT2D eigenvalue weighted by molar-refractivity contribution is -0.137. The van der Waals surface area contributed by atoms with Crippen LogP contribution in [0.3, 0.4) is 0 Å². The van der Waals surface area contributed by atoms with Crippen molar-refractivity contribution in [1.29, 1.82) is 0 Å². The summed E-state index contributed by atoms with van der Waals surface area (Å²) < 4.78 is 17.7. The molecule has 0 atom stereocenters. The molecule has 0 saturated carbocycles. The van der Waals surface area contributed by atoms with E-state index in [1.54, 1.807) is 0 Å². The van der Waals surface area contributed by atoms with E-state index in [4.69, 9.17) is 21.4 Å². The maximum absolute atomic E-state index is 12.7. The average Bonchev–Trinajstić information content (AvgIpc) is 2.10. The standard InChI is InChI=1S/C9H8ClFO3/c10-7-5-6(1-2-8(7)11)14-4-3-9(12)13/h1-2,5H,3-4H2,(H,12,13). The Kier molecular flexibility index (Phi) is 3.71. The Labute approximate surface area is 85.1 Å². The zero-order chi connectivity index (χ0) is 10.6. The Morgan fingerprint density at radius 2 is 2.29 bits per heavy atom. The average molecular weight is 219 g/mol. The number of ether oxygens (including phenoxy) is 1. The molecule has 14 heavy (non-hydrogen) atoms. The highest BCUT2D eigenvalue weighted by Crippen LogP contribution is 2.20. The van der Waals surface area contributed by atoms with Gasteiger partial charge in [0.15, 0.2) is 0 Å². The van der Waals surface area contributed by atoms with Crippen molar-refractivity contribution in [2.45, 2.75) is 6.42 Å². The Balaban J connectivity index is 2.51. The van der Waals surface area contributed by atoms with Crippen molar-refractivity contribution in [3.63, 3.8) is 0 Å². The van der Waals surface area contributed by atoms with Crippen LogP contribution < -0.4 is 4.74 Å². The second-order valence-electron chi connectivity index (χ2n) is 2.57.